The van der Waals surface area contributed by atoms with Crippen LogP contribution in [0.25, 0.3) is 11.1 Å². The van der Waals surface area contributed by atoms with Crippen molar-refractivity contribution in [1.29, 1.82) is 0 Å². The van der Waals surface area contributed by atoms with Gasteiger partial charge >= 0.3 is 0 Å². The summed E-state index contributed by atoms with van der Waals surface area (Å²) in [4.78, 5) is 4.62. The Balaban J connectivity index is 1.53. The molecule has 2 unspecified atom stereocenters. The SMILES string of the molecule is COc1ccc2oc(CC3CC4CCC(C3)N4)nc2c1. The predicted molar refractivity (Wildman–Crippen MR) is 76.9 cm³/mol. The lowest BCUT2D eigenvalue weighted by Crippen LogP contribution is -2.38. The molecule has 2 aliphatic heterocycles. The highest BCUT2D eigenvalue weighted by Gasteiger charge is 2.33. The van der Waals surface area contributed by atoms with Crippen molar-refractivity contribution in [2.75, 3.05) is 7.11 Å². The van der Waals surface area contributed by atoms with Crippen molar-refractivity contribution in [3.05, 3.63) is 24.1 Å². The second-order valence-corrected chi connectivity index (χ2v) is 6.12. The Morgan fingerprint density at radius 2 is 2.10 bits per heavy atom. The molecule has 20 heavy (non-hydrogen) atoms. The number of piperidine rings is 1. The van der Waals surface area contributed by atoms with Crippen LogP contribution < -0.4 is 10.1 Å². The number of benzene rings is 1. The van der Waals surface area contributed by atoms with Crippen LogP contribution in [0.2, 0.25) is 0 Å². The number of ether oxygens (including phenoxy) is 1. The van der Waals surface area contributed by atoms with Gasteiger partial charge in [0.1, 0.15) is 11.3 Å². The highest BCUT2D eigenvalue weighted by atomic mass is 16.5. The minimum atomic E-state index is 0.712. The van der Waals surface area contributed by atoms with E-state index in [0.717, 1.165) is 41.2 Å². The number of nitrogens with one attached hydrogen (secondary N) is 1. The average Bonchev–Trinajstić information content (AvgIpc) is 3.00. The Hall–Kier alpha value is -1.55. The van der Waals surface area contributed by atoms with Gasteiger partial charge < -0.3 is 14.5 Å². The van der Waals surface area contributed by atoms with Gasteiger partial charge in [0.2, 0.25) is 0 Å². The second kappa shape index (κ2) is 4.77. The van der Waals surface area contributed by atoms with Gasteiger partial charge in [0, 0.05) is 24.6 Å². The van der Waals surface area contributed by atoms with Gasteiger partial charge in [-0.3, -0.25) is 0 Å². The molecular weight excluding hydrogens is 252 g/mol. The van der Waals surface area contributed by atoms with Crippen LogP contribution in [0.15, 0.2) is 22.6 Å². The van der Waals surface area contributed by atoms with Gasteiger partial charge in [0.25, 0.3) is 0 Å². The van der Waals surface area contributed by atoms with E-state index < -0.39 is 0 Å². The number of aromatic nitrogens is 1. The molecule has 2 atom stereocenters. The van der Waals surface area contributed by atoms with E-state index in [-0.39, 0.29) is 0 Å². The van der Waals surface area contributed by atoms with Crippen molar-refractivity contribution in [3.8, 4) is 5.75 Å². The Kier molecular flexibility index (Phi) is 2.91. The Morgan fingerprint density at radius 1 is 1.30 bits per heavy atom. The standard InChI is InChI=1S/C16H20N2O2/c1-19-13-4-5-15-14(9-13)18-16(20-15)8-10-6-11-2-3-12(7-10)17-11/h4-5,9-12,17H,2-3,6-8H2,1H3. The first kappa shape index (κ1) is 12.2. The van der Waals surface area contributed by atoms with Crippen LogP contribution in [0.5, 0.6) is 5.75 Å². The molecular formula is C16H20N2O2. The molecule has 1 N–H and O–H groups in total. The quantitative estimate of drug-likeness (QED) is 0.933. The van der Waals surface area contributed by atoms with Crippen LogP contribution in [0, 0.1) is 5.92 Å². The van der Waals surface area contributed by atoms with Crippen molar-refractivity contribution in [3.63, 3.8) is 0 Å². The maximum Gasteiger partial charge on any atom is 0.195 e. The summed E-state index contributed by atoms with van der Waals surface area (Å²) >= 11 is 0. The normalized spacial score (nSPS) is 28.9. The average molecular weight is 272 g/mol. The molecule has 0 saturated carbocycles. The topological polar surface area (TPSA) is 47.3 Å². The minimum Gasteiger partial charge on any atom is -0.497 e. The number of hydrogen-bond acceptors (Lipinski definition) is 4. The number of oxazole rings is 1. The summed E-state index contributed by atoms with van der Waals surface area (Å²) in [7, 11) is 1.67. The van der Waals surface area contributed by atoms with Crippen molar-refractivity contribution >= 4 is 11.1 Å². The van der Waals surface area contributed by atoms with Gasteiger partial charge in [0.05, 0.1) is 7.11 Å². The molecule has 4 rings (SSSR count). The molecule has 2 saturated heterocycles. The summed E-state index contributed by atoms with van der Waals surface area (Å²) in [5.74, 6) is 2.42. The van der Waals surface area contributed by atoms with E-state index in [1.165, 1.54) is 25.7 Å². The zero-order valence-electron chi connectivity index (χ0n) is 11.8. The van der Waals surface area contributed by atoms with Crippen molar-refractivity contribution < 1.29 is 9.15 Å². The summed E-state index contributed by atoms with van der Waals surface area (Å²) in [6.07, 6.45) is 6.17. The van der Waals surface area contributed by atoms with Crippen LogP contribution in [-0.4, -0.2) is 24.2 Å². The van der Waals surface area contributed by atoms with E-state index in [9.17, 15) is 0 Å². The maximum absolute atomic E-state index is 5.87. The highest BCUT2D eigenvalue weighted by molar-refractivity contribution is 5.74. The van der Waals surface area contributed by atoms with E-state index in [0.29, 0.717) is 5.92 Å². The molecule has 2 aromatic rings. The Bertz CT molecular complexity index is 610. The summed E-state index contributed by atoms with van der Waals surface area (Å²) in [6.45, 7) is 0. The number of hydrogen-bond donors (Lipinski definition) is 1. The summed E-state index contributed by atoms with van der Waals surface area (Å²) < 4.78 is 11.1. The molecule has 2 fully saturated rings. The van der Waals surface area contributed by atoms with Crippen LogP contribution in [0.4, 0.5) is 0 Å². The van der Waals surface area contributed by atoms with Crippen molar-refractivity contribution in [2.24, 2.45) is 5.92 Å². The van der Waals surface area contributed by atoms with Gasteiger partial charge in [-0.05, 0) is 43.7 Å². The van der Waals surface area contributed by atoms with E-state index in [1.807, 2.05) is 18.2 Å². The van der Waals surface area contributed by atoms with Crippen LogP contribution in [0.3, 0.4) is 0 Å². The molecule has 2 bridgehead atoms. The lowest BCUT2D eigenvalue weighted by molar-refractivity contribution is 0.284. The number of rotatable bonds is 3. The van der Waals surface area contributed by atoms with Crippen LogP contribution in [-0.2, 0) is 6.42 Å². The Morgan fingerprint density at radius 3 is 2.85 bits per heavy atom. The van der Waals surface area contributed by atoms with Gasteiger partial charge in [0.15, 0.2) is 11.5 Å². The van der Waals surface area contributed by atoms with E-state index >= 15 is 0 Å². The predicted octanol–water partition coefficient (Wildman–Crippen LogP) is 2.91. The van der Waals surface area contributed by atoms with Gasteiger partial charge in [-0.15, -0.1) is 0 Å². The third-order valence-electron chi connectivity index (χ3n) is 4.67. The third kappa shape index (κ3) is 2.18. The zero-order valence-corrected chi connectivity index (χ0v) is 11.8. The molecule has 2 aliphatic rings. The molecule has 0 aliphatic carbocycles. The fourth-order valence-electron chi connectivity index (χ4n) is 3.76. The molecule has 1 aromatic heterocycles. The molecule has 4 heteroatoms. The maximum atomic E-state index is 5.87. The largest absolute Gasteiger partial charge is 0.497 e. The molecule has 4 nitrogen and oxygen atoms in total. The summed E-state index contributed by atoms with van der Waals surface area (Å²) in [5, 5.41) is 3.68. The first-order chi connectivity index (χ1) is 9.80. The first-order valence-corrected chi connectivity index (χ1v) is 7.49. The van der Waals surface area contributed by atoms with Crippen LogP contribution in [0.1, 0.15) is 31.6 Å². The van der Waals surface area contributed by atoms with Crippen molar-refractivity contribution in [1.82, 2.24) is 10.3 Å². The van der Waals surface area contributed by atoms with Gasteiger partial charge in [-0.2, -0.15) is 0 Å². The zero-order chi connectivity index (χ0) is 13.5. The second-order valence-electron chi connectivity index (χ2n) is 6.12. The molecule has 106 valence electrons. The number of nitrogens with zero attached hydrogens (tertiary/aromatic N) is 1. The summed E-state index contributed by atoms with van der Waals surface area (Å²) in [6, 6.07) is 7.25. The van der Waals surface area contributed by atoms with Crippen LogP contribution >= 0.6 is 0 Å². The lowest BCUT2D eigenvalue weighted by Gasteiger charge is -2.28. The smallest absolute Gasteiger partial charge is 0.195 e. The fraction of sp³-hybridized carbons (Fsp3) is 0.562. The molecule has 3 heterocycles. The highest BCUT2D eigenvalue weighted by Crippen LogP contribution is 2.33. The monoisotopic (exact) mass is 272 g/mol. The fourth-order valence-corrected chi connectivity index (χ4v) is 3.76. The van der Waals surface area contributed by atoms with Gasteiger partial charge in [-0.1, -0.05) is 0 Å². The number of fused-ring (bicyclic) bond motifs is 3. The van der Waals surface area contributed by atoms with Gasteiger partial charge in [-0.25, -0.2) is 4.98 Å². The molecule has 0 amide bonds. The van der Waals surface area contributed by atoms with E-state index in [2.05, 4.69) is 10.3 Å². The van der Waals surface area contributed by atoms with Crippen molar-refractivity contribution in [2.45, 2.75) is 44.2 Å². The summed E-state index contributed by atoms with van der Waals surface area (Å²) in [5.41, 5.74) is 1.76. The first-order valence-electron chi connectivity index (χ1n) is 7.49. The molecule has 0 spiro atoms. The Labute approximate surface area is 118 Å². The van der Waals surface area contributed by atoms with E-state index in [1.54, 1.807) is 7.11 Å². The minimum absolute atomic E-state index is 0.712. The lowest BCUT2D eigenvalue weighted by atomic mass is 9.90. The van der Waals surface area contributed by atoms with E-state index in [4.69, 9.17) is 9.15 Å². The third-order valence-corrected chi connectivity index (χ3v) is 4.67. The molecule has 0 radical (unpaired) electrons. The number of methoxy groups -OCH3 is 1. The molecule has 1 aromatic carbocycles.